The van der Waals surface area contributed by atoms with Crippen LogP contribution in [0.1, 0.15) is 6.92 Å². The van der Waals surface area contributed by atoms with Gasteiger partial charge >= 0.3 is 0 Å². The molecule has 1 unspecified atom stereocenters. The summed E-state index contributed by atoms with van der Waals surface area (Å²) in [5, 5.41) is 0. The number of ether oxygens (including phenoxy) is 3. The number of carbonyl (C=O) groups is 1. The van der Waals surface area contributed by atoms with E-state index in [1.807, 2.05) is 18.2 Å². The fraction of sp³-hybridized carbons (Fsp3) is 0.381. The lowest BCUT2D eigenvalue weighted by Crippen LogP contribution is -2.53. The average molecular weight is 432 g/mol. The van der Waals surface area contributed by atoms with E-state index in [9.17, 15) is 13.2 Å². The summed E-state index contributed by atoms with van der Waals surface area (Å²) in [5.74, 6) is 1.44. The Morgan fingerprint density at radius 3 is 2.33 bits per heavy atom. The van der Waals surface area contributed by atoms with Gasteiger partial charge in [-0.25, -0.2) is 8.42 Å². The van der Waals surface area contributed by atoms with Crippen LogP contribution in [0.25, 0.3) is 0 Å². The molecule has 9 heteroatoms. The lowest BCUT2D eigenvalue weighted by atomic mass is 10.3. The Morgan fingerprint density at radius 2 is 1.63 bits per heavy atom. The molecule has 4 rings (SSSR count). The van der Waals surface area contributed by atoms with Gasteiger partial charge < -0.3 is 19.1 Å². The minimum Gasteiger partial charge on any atom is -0.486 e. The largest absolute Gasteiger partial charge is 0.486 e. The minimum absolute atomic E-state index is 0.157. The fourth-order valence-electron chi connectivity index (χ4n) is 3.49. The van der Waals surface area contributed by atoms with E-state index in [1.54, 1.807) is 30.0 Å². The zero-order valence-electron chi connectivity index (χ0n) is 16.7. The topological polar surface area (TPSA) is 85.4 Å². The van der Waals surface area contributed by atoms with E-state index in [2.05, 4.69) is 0 Å². The molecular formula is C21H24N2O6S. The Labute approximate surface area is 176 Å². The zero-order chi connectivity index (χ0) is 21.1. The number of para-hydroxylation sites is 1. The maximum atomic E-state index is 13.0. The summed E-state index contributed by atoms with van der Waals surface area (Å²) in [7, 11) is -3.68. The molecule has 30 heavy (non-hydrogen) atoms. The molecule has 2 aliphatic heterocycles. The number of nitrogens with zero attached hydrogens (tertiary/aromatic N) is 2. The summed E-state index contributed by atoms with van der Waals surface area (Å²) >= 11 is 0. The van der Waals surface area contributed by atoms with Gasteiger partial charge in [-0.1, -0.05) is 18.2 Å². The molecule has 160 valence electrons. The molecule has 2 aliphatic rings. The highest BCUT2D eigenvalue weighted by atomic mass is 32.2. The summed E-state index contributed by atoms with van der Waals surface area (Å²) in [4.78, 5) is 14.5. The maximum absolute atomic E-state index is 13.0. The lowest BCUT2D eigenvalue weighted by Gasteiger charge is -2.35. The van der Waals surface area contributed by atoms with Crippen LogP contribution in [0.4, 0.5) is 0 Å². The average Bonchev–Trinajstić information content (AvgIpc) is 2.79. The van der Waals surface area contributed by atoms with Crippen LogP contribution >= 0.6 is 0 Å². The first-order valence-corrected chi connectivity index (χ1v) is 11.3. The number of sulfonamides is 1. The van der Waals surface area contributed by atoms with Gasteiger partial charge in [0.05, 0.1) is 4.90 Å². The van der Waals surface area contributed by atoms with E-state index >= 15 is 0 Å². The molecule has 2 aromatic rings. The van der Waals surface area contributed by atoms with Crippen LogP contribution in [0.3, 0.4) is 0 Å². The summed E-state index contributed by atoms with van der Waals surface area (Å²) in [6.45, 7) is 3.60. The third-order valence-corrected chi connectivity index (χ3v) is 7.00. The molecule has 2 aromatic carbocycles. The van der Waals surface area contributed by atoms with E-state index < -0.39 is 16.1 Å². The number of carbonyl (C=O) groups excluding carboxylic acids is 1. The number of fused-ring (bicyclic) bond motifs is 1. The van der Waals surface area contributed by atoms with Crippen molar-refractivity contribution in [3.63, 3.8) is 0 Å². The summed E-state index contributed by atoms with van der Waals surface area (Å²) < 4.78 is 44.1. The molecule has 0 bridgehead atoms. The highest BCUT2D eigenvalue weighted by Crippen LogP contribution is 2.33. The third kappa shape index (κ3) is 4.22. The Bertz CT molecular complexity index is 1000. The second kappa shape index (κ2) is 8.53. The molecule has 0 radical (unpaired) electrons. The van der Waals surface area contributed by atoms with Gasteiger partial charge in [-0.3, -0.25) is 4.79 Å². The van der Waals surface area contributed by atoms with Gasteiger partial charge in [-0.05, 0) is 31.2 Å². The molecule has 2 heterocycles. The molecule has 1 saturated heterocycles. The monoisotopic (exact) mass is 432 g/mol. The lowest BCUT2D eigenvalue weighted by molar-refractivity contribution is -0.139. The van der Waals surface area contributed by atoms with E-state index in [0.29, 0.717) is 43.6 Å². The zero-order valence-corrected chi connectivity index (χ0v) is 17.5. The van der Waals surface area contributed by atoms with Crippen LogP contribution in [-0.4, -0.2) is 69.0 Å². The van der Waals surface area contributed by atoms with Crippen molar-refractivity contribution in [2.45, 2.75) is 17.9 Å². The van der Waals surface area contributed by atoms with Crippen molar-refractivity contribution in [3.8, 4) is 17.2 Å². The molecule has 0 N–H and O–H groups in total. The van der Waals surface area contributed by atoms with Crippen LogP contribution in [0.5, 0.6) is 17.2 Å². The Hall–Kier alpha value is -2.78. The molecule has 8 nitrogen and oxygen atoms in total. The van der Waals surface area contributed by atoms with Gasteiger partial charge in [-0.15, -0.1) is 0 Å². The summed E-state index contributed by atoms with van der Waals surface area (Å²) in [6, 6.07) is 13.8. The van der Waals surface area contributed by atoms with Crippen molar-refractivity contribution in [2.24, 2.45) is 0 Å². The first kappa shape index (κ1) is 20.5. The second-order valence-electron chi connectivity index (χ2n) is 7.11. The summed E-state index contributed by atoms with van der Waals surface area (Å²) in [6.07, 6.45) is -0.645. The first-order valence-electron chi connectivity index (χ1n) is 9.85. The van der Waals surface area contributed by atoms with Crippen LogP contribution in [-0.2, 0) is 14.8 Å². The van der Waals surface area contributed by atoms with Crippen molar-refractivity contribution in [3.05, 3.63) is 48.5 Å². The van der Waals surface area contributed by atoms with Gasteiger partial charge in [0.25, 0.3) is 5.91 Å². The molecule has 1 atom stereocenters. The Kier molecular flexibility index (Phi) is 5.83. The summed E-state index contributed by atoms with van der Waals surface area (Å²) in [5.41, 5.74) is 0. The van der Waals surface area contributed by atoms with Crippen molar-refractivity contribution < 1.29 is 27.4 Å². The predicted molar refractivity (Wildman–Crippen MR) is 109 cm³/mol. The quantitative estimate of drug-likeness (QED) is 0.716. The van der Waals surface area contributed by atoms with E-state index in [1.165, 1.54) is 16.4 Å². The van der Waals surface area contributed by atoms with Crippen molar-refractivity contribution in [2.75, 3.05) is 39.4 Å². The number of hydrogen-bond donors (Lipinski definition) is 0. The van der Waals surface area contributed by atoms with Crippen LogP contribution in [0.15, 0.2) is 53.4 Å². The molecular weight excluding hydrogens is 408 g/mol. The molecule has 0 aliphatic carbocycles. The minimum atomic E-state index is -3.68. The standard InChI is InChI=1S/C21H24N2O6S/c1-16(29-17-5-3-2-4-6-17)21(24)22-9-11-23(12-10-22)30(25,26)18-7-8-19-20(15-18)28-14-13-27-19/h2-8,15-16H,9-14H2,1H3. The molecule has 0 saturated carbocycles. The fourth-order valence-corrected chi connectivity index (χ4v) is 4.93. The first-order chi connectivity index (χ1) is 14.4. The normalized spacial score (nSPS) is 18.0. The molecule has 0 aromatic heterocycles. The van der Waals surface area contributed by atoms with Crippen LogP contribution in [0, 0.1) is 0 Å². The number of hydrogen-bond acceptors (Lipinski definition) is 6. The third-order valence-electron chi connectivity index (χ3n) is 5.11. The Morgan fingerprint density at radius 1 is 0.967 bits per heavy atom. The van der Waals surface area contributed by atoms with Crippen molar-refractivity contribution >= 4 is 15.9 Å². The van der Waals surface area contributed by atoms with Gasteiger partial charge in [-0.2, -0.15) is 4.31 Å². The van der Waals surface area contributed by atoms with Gasteiger partial charge in [0.15, 0.2) is 17.6 Å². The molecule has 1 fully saturated rings. The van der Waals surface area contributed by atoms with E-state index in [0.717, 1.165) is 0 Å². The van der Waals surface area contributed by atoms with Crippen molar-refractivity contribution in [1.82, 2.24) is 9.21 Å². The van der Waals surface area contributed by atoms with Crippen molar-refractivity contribution in [1.29, 1.82) is 0 Å². The molecule has 1 amide bonds. The van der Waals surface area contributed by atoms with Crippen LogP contribution in [0.2, 0.25) is 0 Å². The predicted octanol–water partition coefficient (Wildman–Crippen LogP) is 1.76. The number of benzene rings is 2. The van der Waals surface area contributed by atoms with Gasteiger partial charge in [0.2, 0.25) is 10.0 Å². The smallest absolute Gasteiger partial charge is 0.263 e. The number of rotatable bonds is 5. The van der Waals surface area contributed by atoms with E-state index in [4.69, 9.17) is 14.2 Å². The number of amides is 1. The van der Waals surface area contributed by atoms with Crippen LogP contribution < -0.4 is 14.2 Å². The van der Waals surface area contributed by atoms with Gasteiger partial charge in [0, 0.05) is 32.2 Å². The number of piperazine rings is 1. The SMILES string of the molecule is CC(Oc1ccccc1)C(=O)N1CCN(S(=O)(=O)c2ccc3c(c2)OCCO3)CC1. The highest BCUT2D eigenvalue weighted by molar-refractivity contribution is 7.89. The highest BCUT2D eigenvalue weighted by Gasteiger charge is 2.32. The maximum Gasteiger partial charge on any atom is 0.263 e. The van der Waals surface area contributed by atoms with Gasteiger partial charge in [0.1, 0.15) is 19.0 Å². The molecule has 0 spiro atoms. The Balaban J connectivity index is 1.38. The van der Waals surface area contributed by atoms with E-state index in [-0.39, 0.29) is 23.9 Å². The second-order valence-corrected chi connectivity index (χ2v) is 9.05.